The first kappa shape index (κ1) is 18.4. The summed E-state index contributed by atoms with van der Waals surface area (Å²) in [6, 6.07) is 5.45. The molecular weight excluding hydrogens is 335 g/mol. The summed E-state index contributed by atoms with van der Waals surface area (Å²) in [5, 5.41) is 9.80. The van der Waals surface area contributed by atoms with Gasteiger partial charge in [-0.3, -0.25) is 0 Å². The van der Waals surface area contributed by atoms with Gasteiger partial charge in [0.1, 0.15) is 11.9 Å². The number of carbonyl (C=O) groups excluding carboxylic acids is 1. The highest BCUT2D eigenvalue weighted by Crippen LogP contribution is 2.20. The molecule has 1 aromatic carbocycles. The lowest BCUT2D eigenvalue weighted by atomic mass is 9.97. The molecule has 0 aliphatic heterocycles. The van der Waals surface area contributed by atoms with Gasteiger partial charge >= 0.3 is 6.03 Å². The molecule has 2 amide bonds. The fourth-order valence-electron chi connectivity index (χ4n) is 3.21. The number of halogens is 1. The lowest BCUT2D eigenvalue weighted by Crippen LogP contribution is -2.43. The summed E-state index contributed by atoms with van der Waals surface area (Å²) in [5.41, 5.74) is 0.660. The predicted molar refractivity (Wildman–Crippen MR) is 95.9 cm³/mol. The minimum Gasteiger partial charge on any atom is -0.337 e. The van der Waals surface area contributed by atoms with Crippen LogP contribution >= 0.6 is 0 Å². The fraction of sp³-hybridized carbons (Fsp3) is 0.526. The first-order valence-electron chi connectivity index (χ1n) is 9.28. The van der Waals surface area contributed by atoms with Gasteiger partial charge in [0.25, 0.3) is 0 Å². The summed E-state index contributed by atoms with van der Waals surface area (Å²) in [7, 11) is 0. The minimum absolute atomic E-state index is 0.218. The second-order valence-electron chi connectivity index (χ2n) is 6.84. The van der Waals surface area contributed by atoms with Gasteiger partial charge in [-0.15, -0.1) is 0 Å². The Kier molecular flexibility index (Phi) is 6.20. The molecule has 2 aromatic rings. The van der Waals surface area contributed by atoms with E-state index in [-0.39, 0.29) is 17.9 Å². The van der Waals surface area contributed by atoms with E-state index in [0.29, 0.717) is 17.3 Å². The van der Waals surface area contributed by atoms with E-state index in [4.69, 9.17) is 4.52 Å². The highest BCUT2D eigenvalue weighted by atomic mass is 19.1. The number of hydrogen-bond donors (Lipinski definition) is 2. The molecule has 26 heavy (non-hydrogen) atoms. The van der Waals surface area contributed by atoms with Crippen LogP contribution in [0.5, 0.6) is 0 Å². The molecule has 1 heterocycles. The van der Waals surface area contributed by atoms with Crippen LogP contribution in [0.4, 0.5) is 9.18 Å². The number of aromatic nitrogens is 2. The Morgan fingerprint density at radius 1 is 1.15 bits per heavy atom. The van der Waals surface area contributed by atoms with Gasteiger partial charge in [0.05, 0.1) is 0 Å². The number of benzene rings is 1. The maximum Gasteiger partial charge on any atom is 0.315 e. The third-order valence-corrected chi connectivity index (χ3v) is 4.70. The van der Waals surface area contributed by atoms with Crippen molar-refractivity contribution in [3.05, 3.63) is 36.0 Å². The number of urea groups is 1. The summed E-state index contributed by atoms with van der Waals surface area (Å²) in [5.74, 6) is 0.365. The van der Waals surface area contributed by atoms with Gasteiger partial charge in [0.15, 0.2) is 0 Å². The number of rotatable bonds is 4. The van der Waals surface area contributed by atoms with E-state index in [2.05, 4.69) is 20.8 Å². The smallest absolute Gasteiger partial charge is 0.315 e. The monoisotopic (exact) mass is 360 g/mol. The molecule has 0 saturated heterocycles. The largest absolute Gasteiger partial charge is 0.337 e. The van der Waals surface area contributed by atoms with E-state index in [9.17, 15) is 9.18 Å². The van der Waals surface area contributed by atoms with Crippen LogP contribution in [0.25, 0.3) is 11.4 Å². The van der Waals surface area contributed by atoms with Crippen molar-refractivity contribution in [1.29, 1.82) is 0 Å². The van der Waals surface area contributed by atoms with Crippen molar-refractivity contribution in [2.45, 2.75) is 64.0 Å². The van der Waals surface area contributed by atoms with Crippen LogP contribution in [-0.4, -0.2) is 22.2 Å². The quantitative estimate of drug-likeness (QED) is 0.849. The van der Waals surface area contributed by atoms with Crippen LogP contribution < -0.4 is 10.6 Å². The van der Waals surface area contributed by atoms with E-state index >= 15 is 0 Å². The molecule has 1 atom stereocenters. The molecule has 1 aromatic heterocycles. The zero-order valence-corrected chi connectivity index (χ0v) is 15.0. The van der Waals surface area contributed by atoms with Crippen LogP contribution in [0, 0.1) is 5.82 Å². The zero-order valence-electron chi connectivity index (χ0n) is 15.0. The normalized spacial score (nSPS) is 17.2. The Labute approximate surface area is 152 Å². The lowest BCUT2D eigenvalue weighted by Gasteiger charge is -2.22. The SMILES string of the molecule is CC(NC(=O)NC1CCCCCCC1)c1nc(-c2ccc(F)cc2)no1. The van der Waals surface area contributed by atoms with Gasteiger partial charge < -0.3 is 15.2 Å². The highest BCUT2D eigenvalue weighted by Gasteiger charge is 2.19. The molecule has 7 heteroatoms. The molecule has 1 aliphatic carbocycles. The number of hydrogen-bond acceptors (Lipinski definition) is 4. The molecule has 1 saturated carbocycles. The van der Waals surface area contributed by atoms with Crippen molar-refractivity contribution >= 4 is 6.03 Å². The van der Waals surface area contributed by atoms with Gasteiger partial charge in [-0.2, -0.15) is 4.98 Å². The predicted octanol–water partition coefficient (Wildman–Crippen LogP) is 4.35. The molecule has 1 unspecified atom stereocenters. The number of amides is 2. The van der Waals surface area contributed by atoms with E-state index in [1.807, 2.05) is 0 Å². The second-order valence-corrected chi connectivity index (χ2v) is 6.84. The average Bonchev–Trinajstić information content (AvgIpc) is 3.08. The summed E-state index contributed by atoms with van der Waals surface area (Å²) in [4.78, 5) is 16.5. The molecule has 1 fully saturated rings. The van der Waals surface area contributed by atoms with Crippen LogP contribution in [0.15, 0.2) is 28.8 Å². The zero-order chi connectivity index (χ0) is 18.4. The molecule has 1 aliphatic rings. The minimum atomic E-state index is -0.412. The molecule has 140 valence electrons. The molecule has 0 spiro atoms. The Balaban J connectivity index is 1.54. The number of nitrogens with one attached hydrogen (secondary N) is 2. The Hall–Kier alpha value is -2.44. The van der Waals surface area contributed by atoms with Crippen LogP contribution in [0.2, 0.25) is 0 Å². The second kappa shape index (κ2) is 8.78. The van der Waals surface area contributed by atoms with Crippen LogP contribution in [-0.2, 0) is 0 Å². The molecule has 6 nitrogen and oxygen atoms in total. The van der Waals surface area contributed by atoms with Gasteiger partial charge in [-0.25, -0.2) is 9.18 Å². The maximum atomic E-state index is 13.0. The van der Waals surface area contributed by atoms with E-state index in [1.54, 1.807) is 19.1 Å². The maximum absolute atomic E-state index is 13.0. The van der Waals surface area contributed by atoms with Gasteiger partial charge in [0.2, 0.25) is 11.7 Å². The third-order valence-electron chi connectivity index (χ3n) is 4.70. The number of carbonyl (C=O) groups is 1. The summed E-state index contributed by atoms with van der Waals surface area (Å²) < 4.78 is 18.2. The van der Waals surface area contributed by atoms with Gasteiger partial charge in [-0.1, -0.05) is 37.3 Å². The molecule has 0 bridgehead atoms. The van der Waals surface area contributed by atoms with Crippen LogP contribution in [0.3, 0.4) is 0 Å². The Morgan fingerprint density at radius 2 is 1.81 bits per heavy atom. The van der Waals surface area contributed by atoms with Crippen molar-refractivity contribution in [1.82, 2.24) is 20.8 Å². The Bertz CT molecular complexity index is 709. The van der Waals surface area contributed by atoms with Crippen molar-refractivity contribution in [3.8, 4) is 11.4 Å². The van der Waals surface area contributed by atoms with Crippen LogP contribution in [0.1, 0.15) is 63.8 Å². The van der Waals surface area contributed by atoms with Crippen molar-refractivity contribution < 1.29 is 13.7 Å². The van der Waals surface area contributed by atoms with Gasteiger partial charge in [-0.05, 0) is 44.0 Å². The number of nitrogens with zero attached hydrogens (tertiary/aromatic N) is 2. The molecule has 0 radical (unpaired) electrons. The van der Waals surface area contributed by atoms with E-state index in [1.165, 1.54) is 31.4 Å². The molecule has 2 N–H and O–H groups in total. The average molecular weight is 360 g/mol. The topological polar surface area (TPSA) is 80.0 Å². The first-order valence-corrected chi connectivity index (χ1v) is 9.28. The molecule has 3 rings (SSSR count). The van der Waals surface area contributed by atoms with Crippen molar-refractivity contribution in [3.63, 3.8) is 0 Å². The van der Waals surface area contributed by atoms with Crippen molar-refractivity contribution in [2.24, 2.45) is 0 Å². The first-order chi connectivity index (χ1) is 12.6. The fourth-order valence-corrected chi connectivity index (χ4v) is 3.21. The van der Waals surface area contributed by atoms with Crippen molar-refractivity contribution in [2.75, 3.05) is 0 Å². The van der Waals surface area contributed by atoms with Gasteiger partial charge in [0, 0.05) is 11.6 Å². The summed E-state index contributed by atoms with van der Waals surface area (Å²) in [6.07, 6.45) is 8.14. The Morgan fingerprint density at radius 3 is 2.50 bits per heavy atom. The summed E-state index contributed by atoms with van der Waals surface area (Å²) >= 11 is 0. The summed E-state index contributed by atoms with van der Waals surface area (Å²) in [6.45, 7) is 1.79. The standard InChI is InChI=1S/C19H25FN4O2/c1-13(21-19(25)22-16-7-5-3-2-4-6-8-16)18-23-17(24-26-18)14-9-11-15(20)12-10-14/h9-13,16H,2-8H2,1H3,(H2,21,22,25). The molecular formula is C19H25FN4O2. The third kappa shape index (κ3) is 5.03. The highest BCUT2D eigenvalue weighted by molar-refractivity contribution is 5.74. The van der Waals surface area contributed by atoms with E-state index < -0.39 is 6.04 Å². The van der Waals surface area contributed by atoms with E-state index in [0.717, 1.165) is 25.7 Å². The lowest BCUT2D eigenvalue weighted by molar-refractivity contribution is 0.227.